The molecule has 0 bridgehead atoms. The Kier molecular flexibility index (Phi) is 6.24. The second-order valence-electron chi connectivity index (χ2n) is 11.8. The van der Waals surface area contributed by atoms with Crippen molar-refractivity contribution in [2.24, 2.45) is 16.5 Å². The number of carbonyl (C=O) groups excluding carboxylic acids is 2. The largest absolute Gasteiger partial charge is 0.508 e. The van der Waals surface area contributed by atoms with E-state index in [0.29, 0.717) is 17.9 Å². The fourth-order valence-corrected chi connectivity index (χ4v) is 6.43. The smallest absolute Gasteiger partial charge is 0.343 e. The summed E-state index contributed by atoms with van der Waals surface area (Å²) < 4.78 is 5.90. The van der Waals surface area contributed by atoms with Gasteiger partial charge in [-0.25, -0.2) is 10.3 Å². The molecule has 0 saturated carbocycles. The Hall–Kier alpha value is -4.56. The minimum atomic E-state index is -2.60. The van der Waals surface area contributed by atoms with E-state index in [4.69, 9.17) is 16.2 Å². The summed E-state index contributed by atoms with van der Waals surface area (Å²) in [6.45, 7) is 4.50. The van der Waals surface area contributed by atoms with E-state index in [-0.39, 0.29) is 41.7 Å². The highest BCUT2D eigenvalue weighted by molar-refractivity contribution is 5.98. The molecule has 1 saturated heterocycles. The van der Waals surface area contributed by atoms with E-state index in [0.717, 1.165) is 12.0 Å². The molecule has 0 radical (unpaired) electrons. The number of carbonyl (C=O) groups is 2. The Morgan fingerprint density at radius 2 is 1.90 bits per heavy atom. The standard InChI is InChI=1S/C28H34N8O6/c1-26(2)10-11-42-20-16(4-3-5-17(20)26)23(39)33-19-13-36-25(30)32-18(12-31-22(38)14-6-8-15(37)9-7-14)21-27(36,28(19,40)41)35-24(29)34-21/h3-9,18-19,21,37,40-41H,10-13H2,1-2H3,(H2,30,32)(H,31,38)(H,33,39)(H3,29,34,35)/p+1/t18-,19?,21-,27-/m0/s1. The van der Waals surface area contributed by atoms with Crippen LogP contribution in [0.3, 0.4) is 0 Å². The van der Waals surface area contributed by atoms with Gasteiger partial charge in [-0.1, -0.05) is 26.0 Å². The number of aliphatic imine (C=N–C) groups is 1. The van der Waals surface area contributed by atoms with Crippen LogP contribution < -0.4 is 37.1 Å². The average Bonchev–Trinajstić information content (AvgIpc) is 3.41. The van der Waals surface area contributed by atoms with Crippen LogP contribution in [0.25, 0.3) is 0 Å². The van der Waals surface area contributed by atoms with Crippen LogP contribution in [0, 0.1) is 0 Å². The van der Waals surface area contributed by atoms with E-state index in [1.807, 2.05) is 6.07 Å². The normalized spacial score (nSPS) is 28.2. The van der Waals surface area contributed by atoms with Crippen molar-refractivity contribution in [1.29, 1.82) is 0 Å². The predicted molar refractivity (Wildman–Crippen MR) is 150 cm³/mol. The predicted octanol–water partition coefficient (Wildman–Crippen LogP) is -3.26. The molecular weight excluding hydrogens is 544 g/mol. The fourth-order valence-electron chi connectivity index (χ4n) is 6.43. The van der Waals surface area contributed by atoms with Gasteiger partial charge in [-0.15, -0.1) is 0 Å². The van der Waals surface area contributed by atoms with Gasteiger partial charge in [-0.3, -0.25) is 25.2 Å². The summed E-state index contributed by atoms with van der Waals surface area (Å²) in [5.41, 5.74) is 12.1. The van der Waals surface area contributed by atoms with E-state index in [1.165, 1.54) is 29.2 Å². The number of fused-ring (bicyclic) bond motifs is 1. The Balaban J connectivity index is 1.26. The van der Waals surface area contributed by atoms with Crippen molar-refractivity contribution in [3.05, 3.63) is 59.2 Å². The van der Waals surface area contributed by atoms with Crippen LogP contribution >= 0.6 is 0 Å². The van der Waals surface area contributed by atoms with Gasteiger partial charge in [-0.2, -0.15) is 0 Å². The molecular formula is C28H35N8O6+. The van der Waals surface area contributed by atoms with Gasteiger partial charge in [0.05, 0.1) is 18.7 Å². The first-order valence-corrected chi connectivity index (χ1v) is 13.7. The molecule has 4 atom stereocenters. The molecule has 4 aliphatic rings. The number of amides is 2. The summed E-state index contributed by atoms with van der Waals surface area (Å²) in [6.07, 6.45) is 0.800. The number of hydrogen-bond acceptors (Lipinski definition) is 11. The molecule has 222 valence electrons. The molecule has 1 fully saturated rings. The number of para-hydroxylation sites is 1. The van der Waals surface area contributed by atoms with E-state index in [1.54, 1.807) is 12.1 Å². The number of aromatic hydroxyl groups is 1. The Bertz CT molecular complexity index is 1510. The number of rotatable bonds is 5. The number of nitrogens with one attached hydrogen (secondary N) is 4. The monoisotopic (exact) mass is 579 g/mol. The number of guanidine groups is 2. The van der Waals surface area contributed by atoms with E-state index in [9.17, 15) is 24.9 Å². The minimum absolute atomic E-state index is 0.0227. The molecule has 2 amide bonds. The maximum atomic E-state index is 13.6. The van der Waals surface area contributed by atoms with Crippen LogP contribution in [-0.4, -0.2) is 93.2 Å². The number of hydrogen-bond donors (Lipinski definition) is 9. The van der Waals surface area contributed by atoms with Crippen molar-refractivity contribution in [3.63, 3.8) is 0 Å². The summed E-state index contributed by atoms with van der Waals surface area (Å²) in [5.74, 6) is -3.03. The van der Waals surface area contributed by atoms with E-state index in [2.05, 4.69) is 39.8 Å². The van der Waals surface area contributed by atoms with E-state index >= 15 is 0 Å². The zero-order valence-corrected chi connectivity index (χ0v) is 23.2. The second kappa shape index (κ2) is 9.49. The lowest BCUT2D eigenvalue weighted by atomic mass is 9.79. The van der Waals surface area contributed by atoms with Crippen molar-refractivity contribution in [1.82, 2.24) is 20.9 Å². The molecule has 0 aliphatic carbocycles. The van der Waals surface area contributed by atoms with Crippen LogP contribution in [-0.2, 0) is 5.41 Å². The molecule has 14 heteroatoms. The topological polar surface area (TPSA) is 222 Å². The minimum Gasteiger partial charge on any atom is -0.508 e. The van der Waals surface area contributed by atoms with Crippen LogP contribution in [0.1, 0.15) is 46.5 Å². The molecule has 4 aliphatic heterocycles. The van der Waals surface area contributed by atoms with Crippen LogP contribution in [0.15, 0.2) is 47.5 Å². The van der Waals surface area contributed by atoms with Gasteiger partial charge in [0.25, 0.3) is 17.5 Å². The third kappa shape index (κ3) is 4.09. The number of aliphatic hydroxyl groups is 2. The number of ether oxygens (including phenoxy) is 1. The highest BCUT2D eigenvalue weighted by Gasteiger charge is 2.76. The highest BCUT2D eigenvalue weighted by atomic mass is 16.5. The lowest BCUT2D eigenvalue weighted by Gasteiger charge is -2.46. The maximum Gasteiger partial charge on any atom is 0.343 e. The molecule has 2 aromatic rings. The average molecular weight is 580 g/mol. The molecule has 1 unspecified atom stereocenters. The van der Waals surface area contributed by atoms with Crippen molar-refractivity contribution in [3.8, 4) is 11.5 Å². The first kappa shape index (κ1) is 27.6. The van der Waals surface area contributed by atoms with Crippen molar-refractivity contribution >= 4 is 23.7 Å². The van der Waals surface area contributed by atoms with Crippen LogP contribution in [0.2, 0.25) is 0 Å². The first-order valence-electron chi connectivity index (χ1n) is 13.7. The molecule has 0 aromatic heterocycles. The quantitative estimate of drug-likeness (QED) is 0.161. The van der Waals surface area contributed by atoms with Gasteiger partial charge in [0.1, 0.15) is 23.6 Å². The number of phenols is 1. The summed E-state index contributed by atoms with van der Waals surface area (Å²) in [4.78, 5) is 35.3. The van der Waals surface area contributed by atoms with Crippen molar-refractivity contribution < 1.29 is 34.6 Å². The SMILES string of the molecule is CC1(C)CCOc2c(C(=O)NC3CN4C(N)=N[C@@H](CNC(=O)c5ccc(O)cc5)[C@@H]5[NH+]=C(N)N[C@@]54C3(O)O)cccc21. The lowest BCUT2D eigenvalue weighted by molar-refractivity contribution is -0.521. The molecule has 42 heavy (non-hydrogen) atoms. The molecule has 1 spiro atoms. The van der Waals surface area contributed by atoms with Crippen molar-refractivity contribution in [2.45, 2.75) is 55.3 Å². The highest BCUT2D eigenvalue weighted by Crippen LogP contribution is 2.43. The number of nitrogens with two attached hydrogens (primary N) is 2. The van der Waals surface area contributed by atoms with Gasteiger partial charge >= 0.3 is 5.96 Å². The van der Waals surface area contributed by atoms with Crippen LogP contribution in [0.5, 0.6) is 11.5 Å². The molecule has 4 heterocycles. The van der Waals surface area contributed by atoms with Gasteiger partial charge in [0.2, 0.25) is 5.79 Å². The zero-order valence-electron chi connectivity index (χ0n) is 23.2. The van der Waals surface area contributed by atoms with Crippen molar-refractivity contribution in [2.75, 3.05) is 19.7 Å². The molecule has 6 rings (SSSR count). The third-order valence-corrected chi connectivity index (χ3v) is 8.75. The molecule has 2 aromatic carbocycles. The van der Waals surface area contributed by atoms with Gasteiger partial charge in [-0.05, 0) is 42.2 Å². The maximum absolute atomic E-state index is 13.6. The Morgan fingerprint density at radius 1 is 1.17 bits per heavy atom. The van der Waals surface area contributed by atoms with E-state index < -0.39 is 41.4 Å². The summed E-state index contributed by atoms with van der Waals surface area (Å²) >= 11 is 0. The van der Waals surface area contributed by atoms with Crippen LogP contribution in [0.4, 0.5) is 0 Å². The first-order chi connectivity index (χ1) is 19.8. The summed E-state index contributed by atoms with van der Waals surface area (Å²) in [5, 5.41) is 41.5. The number of nitrogens with zero attached hydrogens (tertiary/aromatic N) is 2. The Labute approximate surface area is 241 Å². The number of phenolic OH excluding ortho intramolecular Hbond substituents is 1. The second-order valence-corrected chi connectivity index (χ2v) is 11.8. The number of benzene rings is 2. The lowest BCUT2D eigenvalue weighted by Crippen LogP contribution is -2.90. The van der Waals surface area contributed by atoms with Gasteiger partial charge in [0, 0.05) is 17.7 Å². The molecule has 14 nitrogen and oxygen atoms in total. The van der Waals surface area contributed by atoms with Gasteiger partial charge < -0.3 is 36.4 Å². The third-order valence-electron chi connectivity index (χ3n) is 8.75. The summed E-state index contributed by atoms with van der Waals surface area (Å²) in [6, 6.07) is 8.22. The fraction of sp³-hybridized carbons (Fsp3) is 0.429. The zero-order chi connectivity index (χ0) is 30.0. The van der Waals surface area contributed by atoms with Gasteiger partial charge in [0.15, 0.2) is 12.0 Å². The Morgan fingerprint density at radius 3 is 2.64 bits per heavy atom. The molecule has 11 N–H and O–H groups in total. The summed E-state index contributed by atoms with van der Waals surface area (Å²) in [7, 11) is 0.